The van der Waals surface area contributed by atoms with E-state index in [1.165, 1.54) is 12.1 Å². The molecule has 0 bridgehead atoms. The molecule has 0 saturated carbocycles. The third-order valence-corrected chi connectivity index (χ3v) is 2.50. The Morgan fingerprint density at radius 2 is 1.84 bits per heavy atom. The molecule has 1 rings (SSSR count). The van der Waals surface area contributed by atoms with E-state index < -0.39 is 12.1 Å². The second-order valence-corrected chi connectivity index (χ2v) is 4.25. The summed E-state index contributed by atoms with van der Waals surface area (Å²) < 4.78 is 0. The molecule has 4 N–H and O–H groups in total. The number of aliphatic hydroxyl groups excluding tert-OH is 1. The Balaban J connectivity index is 2.32. The quantitative estimate of drug-likeness (QED) is 0.616. The van der Waals surface area contributed by atoms with Gasteiger partial charge in [0.15, 0.2) is 0 Å². The molecule has 0 aliphatic heterocycles. The number of carboxylic acids is 1. The highest BCUT2D eigenvalue weighted by Gasteiger charge is 2.03. The fourth-order valence-corrected chi connectivity index (χ4v) is 1.40. The highest BCUT2D eigenvalue weighted by atomic mass is 16.4. The number of aliphatic hydroxyl groups is 1. The van der Waals surface area contributed by atoms with Crippen molar-refractivity contribution in [1.82, 2.24) is 10.6 Å². The lowest BCUT2D eigenvalue weighted by molar-refractivity contribution is 0.0697. The summed E-state index contributed by atoms with van der Waals surface area (Å²) in [7, 11) is 0. The number of carbonyl (C=O) groups excluding carboxylic acids is 1. The van der Waals surface area contributed by atoms with Gasteiger partial charge in [0.05, 0.1) is 11.7 Å². The zero-order chi connectivity index (χ0) is 14.3. The van der Waals surface area contributed by atoms with Crippen LogP contribution in [0.4, 0.5) is 4.79 Å². The fraction of sp³-hybridized carbons (Fsp3) is 0.385. The standard InChI is InChI=1S/C13H18N2O4/c1-9(16)6-7-14-13(19)15-8-10-2-4-11(5-3-10)12(17)18/h2-5,9,16H,6-8H2,1H3,(H,17,18)(H2,14,15,19). The van der Waals surface area contributed by atoms with Crippen LogP contribution in [0, 0.1) is 0 Å². The molecule has 1 aromatic rings. The first-order valence-corrected chi connectivity index (χ1v) is 6.01. The largest absolute Gasteiger partial charge is 0.478 e. The Bertz CT molecular complexity index is 429. The third-order valence-electron chi connectivity index (χ3n) is 2.50. The van der Waals surface area contributed by atoms with Crippen LogP contribution < -0.4 is 10.6 Å². The number of aromatic carboxylic acids is 1. The molecule has 6 heteroatoms. The summed E-state index contributed by atoms with van der Waals surface area (Å²) in [6.07, 6.45) is 0.0599. The lowest BCUT2D eigenvalue weighted by Crippen LogP contribution is -2.36. The summed E-state index contributed by atoms with van der Waals surface area (Å²) in [5.74, 6) is -0.977. The van der Waals surface area contributed by atoms with Crippen LogP contribution in [-0.2, 0) is 6.54 Å². The van der Waals surface area contributed by atoms with Crippen molar-refractivity contribution < 1.29 is 19.8 Å². The molecule has 1 atom stereocenters. The second kappa shape index (κ2) is 7.38. The summed E-state index contributed by atoms with van der Waals surface area (Å²) in [5, 5.41) is 23.0. The maximum Gasteiger partial charge on any atom is 0.335 e. The van der Waals surface area contributed by atoms with Gasteiger partial charge in [0.25, 0.3) is 0 Å². The Kier molecular flexibility index (Phi) is 5.81. The SMILES string of the molecule is CC(O)CCNC(=O)NCc1ccc(C(=O)O)cc1. The summed E-state index contributed by atoms with van der Waals surface area (Å²) >= 11 is 0. The number of amides is 2. The molecule has 0 fully saturated rings. The van der Waals surface area contributed by atoms with E-state index in [1.54, 1.807) is 19.1 Å². The molecule has 0 heterocycles. The molecule has 104 valence electrons. The molecule has 0 aromatic heterocycles. The molecule has 1 aromatic carbocycles. The van der Waals surface area contributed by atoms with Gasteiger partial charge in [0.1, 0.15) is 0 Å². The van der Waals surface area contributed by atoms with E-state index in [0.29, 0.717) is 19.5 Å². The van der Waals surface area contributed by atoms with Crippen LogP contribution in [0.15, 0.2) is 24.3 Å². The Hall–Kier alpha value is -2.08. The number of nitrogens with one attached hydrogen (secondary N) is 2. The number of carbonyl (C=O) groups is 2. The lowest BCUT2D eigenvalue weighted by Gasteiger charge is -2.08. The number of hydrogen-bond acceptors (Lipinski definition) is 3. The smallest absolute Gasteiger partial charge is 0.335 e. The molecule has 19 heavy (non-hydrogen) atoms. The minimum atomic E-state index is -0.977. The minimum Gasteiger partial charge on any atom is -0.478 e. The van der Waals surface area contributed by atoms with Crippen LogP contribution in [-0.4, -0.2) is 34.9 Å². The van der Waals surface area contributed by atoms with Gasteiger partial charge < -0.3 is 20.8 Å². The van der Waals surface area contributed by atoms with E-state index in [9.17, 15) is 9.59 Å². The normalized spacial score (nSPS) is 11.7. The molecule has 6 nitrogen and oxygen atoms in total. The summed E-state index contributed by atoms with van der Waals surface area (Å²) in [5.41, 5.74) is 1.03. The van der Waals surface area contributed by atoms with Gasteiger partial charge in [-0.25, -0.2) is 9.59 Å². The third kappa shape index (κ3) is 5.87. The highest BCUT2D eigenvalue weighted by Crippen LogP contribution is 2.04. The predicted molar refractivity (Wildman–Crippen MR) is 69.9 cm³/mol. The van der Waals surface area contributed by atoms with Crippen molar-refractivity contribution in [2.24, 2.45) is 0 Å². The average molecular weight is 266 g/mol. The lowest BCUT2D eigenvalue weighted by atomic mass is 10.1. The van der Waals surface area contributed by atoms with Gasteiger partial charge in [-0.2, -0.15) is 0 Å². The van der Waals surface area contributed by atoms with Crippen LogP contribution in [0.3, 0.4) is 0 Å². The minimum absolute atomic E-state index is 0.213. The van der Waals surface area contributed by atoms with E-state index in [-0.39, 0.29) is 11.6 Å². The number of benzene rings is 1. The Morgan fingerprint density at radius 3 is 2.37 bits per heavy atom. The van der Waals surface area contributed by atoms with Crippen LogP contribution in [0.25, 0.3) is 0 Å². The van der Waals surface area contributed by atoms with Gasteiger partial charge in [0.2, 0.25) is 0 Å². The van der Waals surface area contributed by atoms with Crippen LogP contribution in [0.2, 0.25) is 0 Å². The van der Waals surface area contributed by atoms with Crippen LogP contribution >= 0.6 is 0 Å². The molecule has 0 radical (unpaired) electrons. The van der Waals surface area contributed by atoms with E-state index in [4.69, 9.17) is 10.2 Å². The van der Waals surface area contributed by atoms with Crippen molar-refractivity contribution in [1.29, 1.82) is 0 Å². The Labute approximate surface area is 111 Å². The summed E-state index contributed by atoms with van der Waals surface area (Å²) in [6.45, 7) is 2.38. The van der Waals surface area contributed by atoms with Gasteiger partial charge in [-0.3, -0.25) is 0 Å². The first-order chi connectivity index (χ1) is 8.99. The van der Waals surface area contributed by atoms with Crippen LogP contribution in [0.1, 0.15) is 29.3 Å². The second-order valence-electron chi connectivity index (χ2n) is 4.25. The van der Waals surface area contributed by atoms with Crippen molar-refractivity contribution in [2.45, 2.75) is 26.0 Å². The molecule has 0 aliphatic carbocycles. The first kappa shape index (κ1) is 15.0. The molecule has 0 saturated heterocycles. The number of carboxylic acid groups (broad SMARTS) is 1. The molecule has 1 unspecified atom stereocenters. The van der Waals surface area contributed by atoms with E-state index in [2.05, 4.69) is 10.6 Å². The van der Waals surface area contributed by atoms with Crippen molar-refractivity contribution in [2.75, 3.05) is 6.54 Å². The van der Waals surface area contributed by atoms with Crippen molar-refractivity contribution in [3.05, 3.63) is 35.4 Å². The van der Waals surface area contributed by atoms with Gasteiger partial charge >= 0.3 is 12.0 Å². The van der Waals surface area contributed by atoms with E-state index in [1.807, 2.05) is 0 Å². The van der Waals surface area contributed by atoms with Crippen molar-refractivity contribution in [3.63, 3.8) is 0 Å². The maximum atomic E-state index is 11.4. The van der Waals surface area contributed by atoms with Gasteiger partial charge in [0, 0.05) is 13.1 Å². The summed E-state index contributed by atoms with van der Waals surface area (Å²) in [4.78, 5) is 22.0. The number of rotatable bonds is 6. The fourth-order valence-electron chi connectivity index (χ4n) is 1.40. The zero-order valence-electron chi connectivity index (χ0n) is 10.7. The molecule has 0 aliphatic rings. The zero-order valence-corrected chi connectivity index (χ0v) is 10.7. The maximum absolute atomic E-state index is 11.4. The first-order valence-electron chi connectivity index (χ1n) is 6.01. The molecule has 2 amide bonds. The van der Waals surface area contributed by atoms with Crippen LogP contribution in [0.5, 0.6) is 0 Å². The Morgan fingerprint density at radius 1 is 1.21 bits per heavy atom. The predicted octanol–water partition coefficient (Wildman–Crippen LogP) is 0.955. The number of urea groups is 1. The molecule has 0 spiro atoms. The monoisotopic (exact) mass is 266 g/mol. The van der Waals surface area contributed by atoms with Gasteiger partial charge in [-0.05, 0) is 31.0 Å². The van der Waals surface area contributed by atoms with Gasteiger partial charge in [-0.15, -0.1) is 0 Å². The highest BCUT2D eigenvalue weighted by molar-refractivity contribution is 5.87. The topological polar surface area (TPSA) is 98.7 Å². The van der Waals surface area contributed by atoms with Gasteiger partial charge in [-0.1, -0.05) is 12.1 Å². The summed E-state index contributed by atoms with van der Waals surface area (Å²) in [6, 6.07) is 5.97. The van der Waals surface area contributed by atoms with Crippen molar-refractivity contribution in [3.8, 4) is 0 Å². The van der Waals surface area contributed by atoms with E-state index in [0.717, 1.165) is 5.56 Å². The molecular weight excluding hydrogens is 248 g/mol. The van der Waals surface area contributed by atoms with E-state index >= 15 is 0 Å². The number of hydrogen-bond donors (Lipinski definition) is 4. The molecular formula is C13H18N2O4. The van der Waals surface area contributed by atoms with Crippen molar-refractivity contribution >= 4 is 12.0 Å². The average Bonchev–Trinajstić information content (AvgIpc) is 2.36.